The lowest BCUT2D eigenvalue weighted by Crippen LogP contribution is -2.32. The minimum atomic E-state index is 0.0339. The predicted octanol–water partition coefficient (Wildman–Crippen LogP) is 2.02. The zero-order valence-corrected chi connectivity index (χ0v) is 12.3. The van der Waals surface area contributed by atoms with Crippen molar-refractivity contribution in [3.63, 3.8) is 0 Å². The molecule has 2 aromatic rings. The van der Waals surface area contributed by atoms with Crippen LogP contribution in [0.3, 0.4) is 0 Å². The third-order valence-corrected chi connectivity index (χ3v) is 3.80. The summed E-state index contributed by atoms with van der Waals surface area (Å²) in [5.41, 5.74) is 1.44. The molecule has 1 atom stereocenters. The fourth-order valence-corrected chi connectivity index (χ4v) is 2.70. The van der Waals surface area contributed by atoms with Gasteiger partial charge in [-0.1, -0.05) is 18.2 Å². The Balaban J connectivity index is 1.66. The van der Waals surface area contributed by atoms with Crippen LogP contribution in [0, 0.1) is 6.92 Å². The molecule has 1 fully saturated rings. The lowest BCUT2D eigenvalue weighted by molar-refractivity contribution is 0.0762. The van der Waals surface area contributed by atoms with Crippen LogP contribution in [0.25, 0.3) is 0 Å². The molecule has 3 rings (SSSR count). The third kappa shape index (κ3) is 2.77. The van der Waals surface area contributed by atoms with Crippen LogP contribution in [0.5, 0.6) is 5.75 Å². The molecule has 21 heavy (non-hydrogen) atoms. The van der Waals surface area contributed by atoms with E-state index in [4.69, 9.17) is 4.74 Å². The average Bonchev–Trinajstić information content (AvgIpc) is 3.07. The Morgan fingerprint density at radius 2 is 2.10 bits per heavy atom. The van der Waals surface area contributed by atoms with Crippen LogP contribution in [0.2, 0.25) is 0 Å². The van der Waals surface area contributed by atoms with E-state index in [1.165, 1.54) is 0 Å². The Morgan fingerprint density at radius 1 is 1.33 bits per heavy atom. The van der Waals surface area contributed by atoms with Crippen LogP contribution >= 0.6 is 0 Å². The first-order valence-electron chi connectivity index (χ1n) is 7.14. The Hall–Kier alpha value is -2.30. The predicted molar refractivity (Wildman–Crippen MR) is 79.3 cm³/mol. The van der Waals surface area contributed by atoms with Gasteiger partial charge in [0.25, 0.3) is 5.91 Å². The number of nitrogens with zero attached hydrogens (tertiary/aromatic N) is 3. The fourth-order valence-electron chi connectivity index (χ4n) is 2.70. The molecule has 1 saturated heterocycles. The van der Waals surface area contributed by atoms with E-state index in [1.807, 2.05) is 49.2 Å². The highest BCUT2D eigenvalue weighted by Crippen LogP contribution is 2.20. The number of para-hydroxylation sites is 1. The summed E-state index contributed by atoms with van der Waals surface area (Å²) in [5.74, 6) is 0.889. The monoisotopic (exact) mass is 285 g/mol. The number of carbonyl (C=O) groups is 1. The van der Waals surface area contributed by atoms with Gasteiger partial charge in [0.15, 0.2) is 0 Å². The molecule has 1 aromatic carbocycles. The molecule has 5 heteroatoms. The smallest absolute Gasteiger partial charge is 0.272 e. The van der Waals surface area contributed by atoms with E-state index in [0.717, 1.165) is 24.4 Å². The Labute approximate surface area is 124 Å². The number of amides is 1. The second-order valence-corrected chi connectivity index (χ2v) is 5.38. The van der Waals surface area contributed by atoms with Crippen molar-refractivity contribution in [1.29, 1.82) is 0 Å². The summed E-state index contributed by atoms with van der Waals surface area (Å²) in [7, 11) is 1.85. The molecular weight excluding hydrogens is 266 g/mol. The van der Waals surface area contributed by atoms with Crippen LogP contribution in [-0.2, 0) is 7.05 Å². The largest absolute Gasteiger partial charge is 0.489 e. The second-order valence-electron chi connectivity index (χ2n) is 5.38. The number of aromatic nitrogens is 2. The highest BCUT2D eigenvalue weighted by Gasteiger charge is 2.30. The van der Waals surface area contributed by atoms with Crippen LogP contribution in [0.15, 0.2) is 36.7 Å². The molecular formula is C16H19N3O2. The van der Waals surface area contributed by atoms with Crippen molar-refractivity contribution < 1.29 is 9.53 Å². The van der Waals surface area contributed by atoms with E-state index >= 15 is 0 Å². The van der Waals surface area contributed by atoms with E-state index in [2.05, 4.69) is 4.98 Å². The minimum Gasteiger partial charge on any atom is -0.489 e. The minimum absolute atomic E-state index is 0.0339. The lowest BCUT2D eigenvalue weighted by atomic mass is 10.3. The zero-order chi connectivity index (χ0) is 14.8. The van der Waals surface area contributed by atoms with Gasteiger partial charge in [-0.15, -0.1) is 0 Å². The quantitative estimate of drug-likeness (QED) is 0.867. The van der Waals surface area contributed by atoms with Gasteiger partial charge in [0, 0.05) is 20.0 Å². The van der Waals surface area contributed by atoms with E-state index in [1.54, 1.807) is 10.9 Å². The van der Waals surface area contributed by atoms with Crippen LogP contribution in [0.1, 0.15) is 22.6 Å². The molecule has 1 aliphatic rings. The number of hydrogen-bond acceptors (Lipinski definition) is 3. The number of rotatable bonds is 3. The van der Waals surface area contributed by atoms with Gasteiger partial charge >= 0.3 is 0 Å². The molecule has 0 aliphatic carbocycles. The molecule has 1 aliphatic heterocycles. The van der Waals surface area contributed by atoms with Gasteiger partial charge in [-0.05, 0) is 19.1 Å². The summed E-state index contributed by atoms with van der Waals surface area (Å²) in [6, 6.07) is 9.74. The Kier molecular flexibility index (Phi) is 3.64. The summed E-state index contributed by atoms with van der Waals surface area (Å²) in [5, 5.41) is 0. The highest BCUT2D eigenvalue weighted by molar-refractivity contribution is 5.93. The Morgan fingerprint density at radius 3 is 2.76 bits per heavy atom. The first kappa shape index (κ1) is 13.7. The molecule has 110 valence electrons. The van der Waals surface area contributed by atoms with Gasteiger partial charge in [0.1, 0.15) is 17.5 Å². The van der Waals surface area contributed by atoms with E-state index < -0.39 is 0 Å². The van der Waals surface area contributed by atoms with Crippen molar-refractivity contribution in [2.24, 2.45) is 7.05 Å². The molecule has 0 N–H and O–H groups in total. The van der Waals surface area contributed by atoms with Gasteiger partial charge in [0.05, 0.1) is 18.6 Å². The number of benzene rings is 1. The van der Waals surface area contributed by atoms with Crippen molar-refractivity contribution in [1.82, 2.24) is 14.5 Å². The van der Waals surface area contributed by atoms with Crippen molar-refractivity contribution in [2.45, 2.75) is 19.4 Å². The average molecular weight is 285 g/mol. The Bertz CT molecular complexity index is 617. The molecule has 1 amide bonds. The fraction of sp³-hybridized carbons (Fsp3) is 0.375. The summed E-state index contributed by atoms with van der Waals surface area (Å²) in [6.45, 7) is 3.21. The third-order valence-electron chi connectivity index (χ3n) is 3.80. The van der Waals surface area contributed by atoms with Crippen molar-refractivity contribution in [2.75, 3.05) is 13.1 Å². The van der Waals surface area contributed by atoms with E-state index in [-0.39, 0.29) is 12.0 Å². The molecule has 0 unspecified atom stereocenters. The standard InChI is InChI=1S/C16H19N3O2/c1-12-15(18(2)11-17-12)16(20)19-9-8-14(10-19)21-13-6-4-3-5-7-13/h3-7,11,14H,8-10H2,1-2H3/t14-/m0/s1. The van der Waals surface area contributed by atoms with Crippen LogP contribution in [-0.4, -0.2) is 39.6 Å². The van der Waals surface area contributed by atoms with Crippen molar-refractivity contribution in [3.8, 4) is 5.75 Å². The maximum Gasteiger partial charge on any atom is 0.272 e. The maximum atomic E-state index is 12.6. The van der Waals surface area contributed by atoms with Gasteiger partial charge in [0.2, 0.25) is 0 Å². The number of ether oxygens (including phenoxy) is 1. The molecule has 0 spiro atoms. The van der Waals surface area contributed by atoms with E-state index in [0.29, 0.717) is 12.2 Å². The van der Waals surface area contributed by atoms with Crippen molar-refractivity contribution in [3.05, 3.63) is 48.0 Å². The number of hydrogen-bond donors (Lipinski definition) is 0. The summed E-state index contributed by atoms with van der Waals surface area (Å²) >= 11 is 0. The first-order valence-corrected chi connectivity index (χ1v) is 7.14. The normalized spacial score (nSPS) is 18.0. The number of imidazole rings is 1. The highest BCUT2D eigenvalue weighted by atomic mass is 16.5. The van der Waals surface area contributed by atoms with E-state index in [9.17, 15) is 4.79 Å². The summed E-state index contributed by atoms with van der Waals surface area (Å²) in [6.07, 6.45) is 2.60. The lowest BCUT2D eigenvalue weighted by Gasteiger charge is -2.17. The second kappa shape index (κ2) is 5.60. The summed E-state index contributed by atoms with van der Waals surface area (Å²) < 4.78 is 7.70. The number of aryl methyl sites for hydroxylation is 2. The molecule has 0 saturated carbocycles. The van der Waals surface area contributed by atoms with Gasteiger partial charge in [-0.3, -0.25) is 4.79 Å². The molecule has 5 nitrogen and oxygen atoms in total. The zero-order valence-electron chi connectivity index (χ0n) is 12.3. The van der Waals surface area contributed by atoms with Crippen molar-refractivity contribution >= 4 is 5.91 Å². The molecule has 1 aromatic heterocycles. The van der Waals surface area contributed by atoms with Gasteiger partial charge < -0.3 is 14.2 Å². The van der Waals surface area contributed by atoms with Gasteiger partial charge in [-0.2, -0.15) is 0 Å². The first-order chi connectivity index (χ1) is 10.1. The van der Waals surface area contributed by atoms with Gasteiger partial charge in [-0.25, -0.2) is 4.98 Å². The SMILES string of the molecule is Cc1ncn(C)c1C(=O)N1CC[C@H](Oc2ccccc2)C1. The topological polar surface area (TPSA) is 47.4 Å². The molecule has 0 radical (unpaired) electrons. The molecule has 2 heterocycles. The van der Waals surface area contributed by atoms with Crippen LogP contribution in [0.4, 0.5) is 0 Å². The number of likely N-dealkylation sites (tertiary alicyclic amines) is 1. The maximum absolute atomic E-state index is 12.6. The molecule has 0 bridgehead atoms. The summed E-state index contributed by atoms with van der Waals surface area (Å²) in [4.78, 5) is 18.6. The van der Waals surface area contributed by atoms with Crippen LogP contribution < -0.4 is 4.74 Å². The number of carbonyl (C=O) groups excluding carboxylic acids is 1.